The van der Waals surface area contributed by atoms with Gasteiger partial charge in [-0.3, -0.25) is 14.4 Å². The highest BCUT2D eigenvalue weighted by Gasteiger charge is 2.34. The highest BCUT2D eigenvalue weighted by molar-refractivity contribution is 7.99. The second-order valence-corrected chi connectivity index (χ2v) is 11.5. The maximum atomic E-state index is 14.2. The van der Waals surface area contributed by atoms with Crippen LogP contribution in [0.2, 0.25) is 0 Å². The van der Waals surface area contributed by atoms with E-state index in [9.17, 15) is 14.4 Å². The first kappa shape index (κ1) is 34.4. The maximum absolute atomic E-state index is 14.2. The Morgan fingerprint density at radius 1 is 0.957 bits per heavy atom. The molecule has 1 heterocycles. The maximum Gasteiger partial charge on any atom is 0.255 e. The summed E-state index contributed by atoms with van der Waals surface area (Å²) in [6.45, 7) is 2.01. The van der Waals surface area contributed by atoms with Gasteiger partial charge in [0.25, 0.3) is 11.8 Å². The largest absolute Gasteiger partial charge is 0.493 e. The van der Waals surface area contributed by atoms with E-state index in [4.69, 9.17) is 14.2 Å². The number of hydrogen-bond acceptors (Lipinski definition) is 8. The van der Waals surface area contributed by atoms with Crippen molar-refractivity contribution < 1.29 is 28.6 Å². The number of anilines is 2. The van der Waals surface area contributed by atoms with E-state index in [1.54, 1.807) is 43.1 Å². The number of nitrogens with zero attached hydrogens (tertiary/aromatic N) is 1. The van der Waals surface area contributed by atoms with Crippen molar-refractivity contribution >= 4 is 64.0 Å². The Kier molecular flexibility index (Phi) is 11.4. The molecule has 0 spiro atoms. The fourth-order valence-electron chi connectivity index (χ4n) is 5.23. The lowest BCUT2D eigenvalue weighted by Gasteiger charge is -2.27. The van der Waals surface area contributed by atoms with Crippen molar-refractivity contribution in [3.8, 4) is 17.2 Å². The van der Waals surface area contributed by atoms with Crippen LogP contribution in [0.1, 0.15) is 22.8 Å². The molecule has 4 aromatic carbocycles. The molecule has 12 heteroatoms. The van der Waals surface area contributed by atoms with Crippen LogP contribution in [0.3, 0.4) is 0 Å². The fourth-order valence-corrected chi connectivity index (χ4v) is 6.39. The van der Waals surface area contributed by atoms with Crippen LogP contribution in [0, 0.1) is 0 Å². The number of nitrogens with one attached hydrogen (secondary N) is 3. The molecule has 3 amide bonds. The summed E-state index contributed by atoms with van der Waals surface area (Å²) in [5.74, 6) is 0.449. The van der Waals surface area contributed by atoms with Crippen molar-refractivity contribution in [3.63, 3.8) is 0 Å². The number of halogens is 1. The van der Waals surface area contributed by atoms with Gasteiger partial charge in [0.1, 0.15) is 6.04 Å². The topological polar surface area (TPSA) is 118 Å². The summed E-state index contributed by atoms with van der Waals surface area (Å²) >= 11 is 1.40. The van der Waals surface area contributed by atoms with Gasteiger partial charge < -0.3 is 35.1 Å². The average molecular weight is 665 g/mol. The van der Waals surface area contributed by atoms with Crippen molar-refractivity contribution in [2.45, 2.75) is 30.4 Å². The molecule has 0 saturated carbocycles. The fraction of sp³-hybridized carbons (Fsp3) is 0.265. The summed E-state index contributed by atoms with van der Waals surface area (Å²) in [4.78, 5) is 43.1. The Morgan fingerprint density at radius 3 is 2.30 bits per heavy atom. The predicted molar refractivity (Wildman–Crippen MR) is 184 cm³/mol. The van der Waals surface area contributed by atoms with Crippen LogP contribution in [0.5, 0.6) is 17.2 Å². The first-order valence-corrected chi connectivity index (χ1v) is 15.4. The molecule has 1 aliphatic rings. The molecule has 0 bridgehead atoms. The van der Waals surface area contributed by atoms with Gasteiger partial charge in [0.15, 0.2) is 11.5 Å². The third kappa shape index (κ3) is 7.01. The Balaban J connectivity index is 0.00000480. The smallest absolute Gasteiger partial charge is 0.255 e. The highest BCUT2D eigenvalue weighted by Crippen LogP contribution is 2.42. The molecular weight excluding hydrogens is 628 g/mol. The third-order valence-electron chi connectivity index (χ3n) is 7.77. The van der Waals surface area contributed by atoms with Crippen LogP contribution in [0.15, 0.2) is 77.7 Å². The zero-order chi connectivity index (χ0) is 32.1. The van der Waals surface area contributed by atoms with Crippen LogP contribution >= 0.6 is 24.2 Å². The van der Waals surface area contributed by atoms with Crippen LogP contribution in [-0.4, -0.2) is 63.9 Å². The van der Waals surface area contributed by atoms with E-state index in [-0.39, 0.29) is 36.5 Å². The summed E-state index contributed by atoms with van der Waals surface area (Å²) in [6.07, 6.45) is 0. The van der Waals surface area contributed by atoms with Crippen molar-refractivity contribution in [2.24, 2.45) is 0 Å². The molecule has 46 heavy (non-hydrogen) atoms. The second kappa shape index (κ2) is 15.2. The van der Waals surface area contributed by atoms with Crippen molar-refractivity contribution in [1.82, 2.24) is 10.6 Å². The van der Waals surface area contributed by atoms with E-state index in [1.165, 1.54) is 33.1 Å². The second-order valence-electron chi connectivity index (χ2n) is 10.5. The monoisotopic (exact) mass is 664 g/mol. The lowest BCUT2D eigenvalue weighted by atomic mass is 10.0. The number of methoxy groups -OCH3 is 3. The van der Waals surface area contributed by atoms with E-state index in [1.807, 2.05) is 48.5 Å². The van der Waals surface area contributed by atoms with Gasteiger partial charge in [0.2, 0.25) is 11.7 Å². The molecule has 4 aromatic rings. The molecule has 0 saturated heterocycles. The number of thioether (sulfide) groups is 1. The van der Waals surface area contributed by atoms with Gasteiger partial charge in [-0.1, -0.05) is 48.5 Å². The number of carbonyl (C=O) groups excluding carboxylic acids is 3. The highest BCUT2D eigenvalue weighted by atomic mass is 35.5. The molecular formula is C34H37ClN4O6S. The van der Waals surface area contributed by atoms with Crippen molar-refractivity contribution in [1.29, 1.82) is 0 Å². The van der Waals surface area contributed by atoms with Gasteiger partial charge >= 0.3 is 0 Å². The van der Waals surface area contributed by atoms with E-state index in [0.717, 1.165) is 16.3 Å². The molecule has 0 fully saturated rings. The first-order valence-electron chi connectivity index (χ1n) is 14.4. The molecule has 0 aromatic heterocycles. The minimum absolute atomic E-state index is 0. The zero-order valence-electron chi connectivity index (χ0n) is 26.2. The lowest BCUT2D eigenvalue weighted by molar-refractivity contribution is -0.128. The molecule has 242 valence electrons. The molecule has 0 aliphatic carbocycles. The number of ether oxygens (including phenoxy) is 3. The summed E-state index contributed by atoms with van der Waals surface area (Å²) in [6, 6.07) is 21.4. The minimum Gasteiger partial charge on any atom is -0.493 e. The standard InChI is InChI=1S/C34H36N4O6S.ClH/c1-20(35-2)32(39)37-26-19-45-31-25(36-33(40)23-16-28(42-3)30(44-5)29(17-23)43-4)14-9-15-27(31)38(34(26)41)18-22-12-8-11-21-10-6-7-13-24(21)22;/h6-17,20,26,35H,18-19H2,1-5H3,(H,36,40)(H,37,39);1H/t20-,26-;/m0./s1. The van der Waals surface area contributed by atoms with Gasteiger partial charge in [-0.15, -0.1) is 24.2 Å². The number of fused-ring (bicyclic) bond motifs is 2. The average Bonchev–Trinajstić information content (AvgIpc) is 3.20. The number of carbonyl (C=O) groups is 3. The number of hydrogen-bond donors (Lipinski definition) is 3. The third-order valence-corrected chi connectivity index (χ3v) is 8.99. The summed E-state index contributed by atoms with van der Waals surface area (Å²) < 4.78 is 16.3. The minimum atomic E-state index is -0.792. The molecule has 3 N–H and O–H groups in total. The molecule has 0 unspecified atom stereocenters. The number of benzene rings is 4. The molecule has 1 aliphatic heterocycles. The van der Waals surface area contributed by atoms with Gasteiger partial charge in [-0.2, -0.15) is 0 Å². The number of amides is 3. The Labute approximate surface area is 278 Å². The Morgan fingerprint density at radius 2 is 1.63 bits per heavy atom. The molecule has 0 radical (unpaired) electrons. The van der Waals surface area contributed by atoms with Crippen LogP contribution in [-0.2, 0) is 16.1 Å². The normalized spacial score (nSPS) is 14.8. The van der Waals surface area contributed by atoms with Gasteiger partial charge in [0, 0.05) is 11.3 Å². The van der Waals surface area contributed by atoms with E-state index < -0.39 is 18.0 Å². The van der Waals surface area contributed by atoms with Crippen LogP contribution < -0.4 is 35.1 Å². The summed E-state index contributed by atoms with van der Waals surface area (Å²) in [5, 5.41) is 11.0. The van der Waals surface area contributed by atoms with E-state index >= 15 is 0 Å². The Bertz CT molecular complexity index is 1720. The summed E-state index contributed by atoms with van der Waals surface area (Å²) in [5.41, 5.74) is 2.43. The summed E-state index contributed by atoms with van der Waals surface area (Å²) in [7, 11) is 6.16. The van der Waals surface area contributed by atoms with E-state index in [0.29, 0.717) is 39.1 Å². The zero-order valence-corrected chi connectivity index (χ0v) is 27.8. The van der Waals surface area contributed by atoms with Gasteiger partial charge in [-0.25, -0.2) is 0 Å². The molecule has 10 nitrogen and oxygen atoms in total. The SMILES string of the molecule is CN[C@@H](C)C(=O)N[C@H]1CSc2c(NC(=O)c3cc(OC)c(OC)c(OC)c3)cccc2N(Cc2cccc3ccccc23)C1=O.Cl. The predicted octanol–water partition coefficient (Wildman–Crippen LogP) is 5.27. The Hall–Kier alpha value is -4.45. The van der Waals surface area contributed by atoms with Crippen LogP contribution in [0.25, 0.3) is 10.8 Å². The van der Waals surface area contributed by atoms with E-state index in [2.05, 4.69) is 16.0 Å². The number of rotatable bonds is 10. The first-order chi connectivity index (χ1) is 21.8. The van der Waals surface area contributed by atoms with Crippen molar-refractivity contribution in [2.75, 3.05) is 44.3 Å². The lowest BCUT2D eigenvalue weighted by Crippen LogP contribution is -2.53. The van der Waals surface area contributed by atoms with Crippen molar-refractivity contribution in [3.05, 3.63) is 83.9 Å². The quantitative estimate of drug-likeness (QED) is 0.210. The molecule has 5 rings (SSSR count). The number of likely N-dealkylation sites (N-methyl/N-ethyl adjacent to an activating group) is 1. The van der Waals surface area contributed by atoms with Crippen LogP contribution in [0.4, 0.5) is 11.4 Å². The van der Waals surface area contributed by atoms with Gasteiger partial charge in [0.05, 0.1) is 50.2 Å². The van der Waals surface area contributed by atoms with Gasteiger partial charge in [-0.05, 0) is 54.6 Å². The molecule has 2 atom stereocenters.